The van der Waals surface area contributed by atoms with Crippen LogP contribution in [0.4, 0.5) is 23.2 Å². The van der Waals surface area contributed by atoms with Crippen molar-refractivity contribution in [3.05, 3.63) is 77.8 Å². The van der Waals surface area contributed by atoms with Gasteiger partial charge in [-0.2, -0.15) is 13.2 Å². The zero-order valence-corrected chi connectivity index (χ0v) is 14.4. The van der Waals surface area contributed by atoms with E-state index < -0.39 is 17.6 Å². The van der Waals surface area contributed by atoms with Crippen molar-refractivity contribution >= 4 is 11.5 Å². The number of benzene rings is 2. The maximum Gasteiger partial charge on any atom is 0.416 e. The monoisotopic (exact) mass is 378 g/mol. The molecule has 1 aliphatic heterocycles. The molecule has 142 valence electrons. The lowest BCUT2D eigenvalue weighted by atomic mass is 10.1. The molecule has 0 aliphatic carbocycles. The van der Waals surface area contributed by atoms with Gasteiger partial charge in [0, 0.05) is 49.7 Å². The highest BCUT2D eigenvalue weighted by Gasteiger charge is 2.31. The molecule has 0 spiro atoms. The van der Waals surface area contributed by atoms with Crippen LogP contribution in [0.15, 0.2) is 60.8 Å². The van der Waals surface area contributed by atoms with Gasteiger partial charge in [0.05, 0.1) is 5.56 Å². The maximum absolute atomic E-state index is 12.9. The number of nitrogens with zero attached hydrogens (tertiary/aromatic N) is 2. The molecule has 7 heteroatoms. The maximum atomic E-state index is 12.9. The van der Waals surface area contributed by atoms with Gasteiger partial charge in [-0.1, -0.05) is 6.07 Å². The number of alkyl halides is 3. The molecule has 0 amide bonds. The van der Waals surface area contributed by atoms with Gasteiger partial charge >= 0.3 is 6.18 Å². The summed E-state index contributed by atoms with van der Waals surface area (Å²) in [6, 6.07) is 10.6. The minimum atomic E-state index is -4.36. The third-order valence-electron chi connectivity index (χ3n) is 4.42. The highest BCUT2D eigenvalue weighted by Crippen LogP contribution is 2.31. The molecule has 27 heavy (non-hydrogen) atoms. The molecule has 0 bridgehead atoms. The van der Waals surface area contributed by atoms with Crippen LogP contribution >= 0.6 is 0 Å². The highest BCUT2D eigenvalue weighted by atomic mass is 19.4. The minimum absolute atomic E-state index is 0.227. The molecule has 1 heterocycles. The van der Waals surface area contributed by atoms with Crippen LogP contribution in [0.3, 0.4) is 0 Å². The van der Waals surface area contributed by atoms with Crippen LogP contribution in [0.25, 0.3) is 0 Å². The fraction of sp³-hybridized carbons (Fsp3) is 0.250. The van der Waals surface area contributed by atoms with Crippen LogP contribution in [0.2, 0.25) is 0 Å². The Morgan fingerprint density at radius 2 is 1.63 bits per heavy atom. The summed E-state index contributed by atoms with van der Waals surface area (Å²) in [5.74, 6) is -0.628. The van der Waals surface area contributed by atoms with Crippen molar-refractivity contribution in [1.29, 1.82) is 0 Å². The summed E-state index contributed by atoms with van der Waals surface area (Å²) in [6.07, 6.45) is -1.26. The molecule has 1 fully saturated rings. The Labute approximate surface area is 154 Å². The molecule has 1 aliphatic rings. The topological polar surface area (TPSA) is 23.6 Å². The van der Waals surface area contributed by atoms with Crippen LogP contribution in [0, 0.1) is 5.82 Å². The predicted octanol–water partition coefficient (Wildman–Crippen LogP) is 4.36. The smallest absolute Gasteiger partial charge is 0.374 e. The van der Waals surface area contributed by atoms with Gasteiger partial charge in [-0.05, 0) is 42.5 Å². The zero-order chi connectivity index (χ0) is 19.4. The number of halogens is 4. The Hall–Kier alpha value is -2.83. The Morgan fingerprint density at radius 1 is 0.963 bits per heavy atom. The number of carbonyl (C=O) groups excluding carboxylic acids is 1. The standard InChI is InChI=1S/C20H18F4N2O/c21-17-6-4-15(5-7-17)19(27)8-9-25-10-12-26(13-11-25)18-3-1-2-16(14-18)20(22,23)24/h1-9,14H,10-13H2/b9-8-. The summed E-state index contributed by atoms with van der Waals surface area (Å²) < 4.78 is 51.4. The second-order valence-corrected chi connectivity index (χ2v) is 6.26. The molecule has 0 atom stereocenters. The first-order chi connectivity index (χ1) is 12.8. The van der Waals surface area contributed by atoms with Crippen LogP contribution in [0.1, 0.15) is 15.9 Å². The minimum Gasteiger partial charge on any atom is -0.374 e. The van der Waals surface area contributed by atoms with Gasteiger partial charge in [0.25, 0.3) is 0 Å². The molecule has 2 aromatic rings. The van der Waals surface area contributed by atoms with E-state index in [4.69, 9.17) is 0 Å². The molecule has 1 saturated heterocycles. The Balaban J connectivity index is 1.57. The van der Waals surface area contributed by atoms with E-state index in [9.17, 15) is 22.4 Å². The molecule has 0 N–H and O–H groups in total. The summed E-state index contributed by atoms with van der Waals surface area (Å²) in [7, 11) is 0. The van der Waals surface area contributed by atoms with E-state index in [-0.39, 0.29) is 5.78 Å². The summed E-state index contributed by atoms with van der Waals surface area (Å²) in [5.41, 5.74) is 0.276. The lowest BCUT2D eigenvalue weighted by molar-refractivity contribution is -0.137. The van der Waals surface area contributed by atoms with Crippen molar-refractivity contribution < 1.29 is 22.4 Å². The molecule has 0 unspecified atom stereocenters. The molecular weight excluding hydrogens is 360 g/mol. The van der Waals surface area contributed by atoms with Crippen LogP contribution < -0.4 is 4.90 Å². The van der Waals surface area contributed by atoms with E-state index in [1.54, 1.807) is 12.3 Å². The summed E-state index contributed by atoms with van der Waals surface area (Å²) >= 11 is 0. The third-order valence-corrected chi connectivity index (χ3v) is 4.42. The lowest BCUT2D eigenvalue weighted by Crippen LogP contribution is -2.44. The van der Waals surface area contributed by atoms with Gasteiger partial charge in [-0.25, -0.2) is 4.39 Å². The Morgan fingerprint density at radius 3 is 2.26 bits per heavy atom. The van der Waals surface area contributed by atoms with Gasteiger partial charge in [-0.15, -0.1) is 0 Å². The van der Waals surface area contributed by atoms with Crippen molar-refractivity contribution in [3.63, 3.8) is 0 Å². The summed E-state index contributed by atoms with van der Waals surface area (Å²) in [5, 5.41) is 0. The quantitative estimate of drug-likeness (QED) is 0.449. The number of piperazine rings is 1. The van der Waals surface area contributed by atoms with Crippen molar-refractivity contribution in [1.82, 2.24) is 4.90 Å². The average Bonchev–Trinajstić information content (AvgIpc) is 2.66. The second-order valence-electron chi connectivity index (χ2n) is 6.26. The molecule has 0 aromatic heterocycles. The lowest BCUT2D eigenvalue weighted by Gasteiger charge is -2.35. The summed E-state index contributed by atoms with van der Waals surface area (Å²) in [4.78, 5) is 15.9. The second kappa shape index (κ2) is 7.82. The first-order valence-electron chi connectivity index (χ1n) is 8.47. The Kier molecular flexibility index (Phi) is 5.48. The number of carbonyl (C=O) groups is 1. The van der Waals surface area contributed by atoms with E-state index in [2.05, 4.69) is 0 Å². The first-order valence-corrected chi connectivity index (χ1v) is 8.47. The first kappa shape index (κ1) is 18.9. The third kappa shape index (κ3) is 4.87. The fourth-order valence-electron chi connectivity index (χ4n) is 2.89. The number of allylic oxidation sites excluding steroid dienone is 1. The highest BCUT2D eigenvalue weighted by molar-refractivity contribution is 6.04. The van der Waals surface area contributed by atoms with Crippen LogP contribution in [-0.4, -0.2) is 36.9 Å². The largest absolute Gasteiger partial charge is 0.416 e. The number of ketones is 1. The molecular formula is C20H18F4N2O. The van der Waals surface area contributed by atoms with Crippen LogP contribution in [-0.2, 0) is 6.18 Å². The number of rotatable bonds is 4. The molecule has 3 nitrogen and oxygen atoms in total. The molecule has 3 rings (SSSR count). The molecule has 0 radical (unpaired) electrons. The van der Waals surface area contributed by atoms with Crippen molar-refractivity contribution in [2.24, 2.45) is 0 Å². The van der Waals surface area contributed by atoms with Crippen molar-refractivity contribution in [2.75, 3.05) is 31.1 Å². The summed E-state index contributed by atoms with van der Waals surface area (Å²) in [6.45, 7) is 2.28. The molecule has 2 aromatic carbocycles. The number of hydrogen-bond donors (Lipinski definition) is 0. The SMILES string of the molecule is O=C(/C=C\N1CCN(c2cccc(C(F)(F)F)c2)CC1)c1ccc(F)cc1. The fourth-order valence-corrected chi connectivity index (χ4v) is 2.89. The number of hydrogen-bond acceptors (Lipinski definition) is 3. The van der Waals surface area contributed by atoms with Crippen molar-refractivity contribution in [2.45, 2.75) is 6.18 Å². The van der Waals surface area contributed by atoms with Gasteiger partial charge in [0.15, 0.2) is 5.78 Å². The van der Waals surface area contributed by atoms with Gasteiger partial charge in [-0.3, -0.25) is 4.79 Å². The predicted molar refractivity (Wildman–Crippen MR) is 95.1 cm³/mol. The van der Waals surface area contributed by atoms with Crippen LogP contribution in [0.5, 0.6) is 0 Å². The Bertz CT molecular complexity index is 823. The average molecular weight is 378 g/mol. The number of anilines is 1. The van der Waals surface area contributed by atoms with E-state index in [0.29, 0.717) is 37.4 Å². The van der Waals surface area contributed by atoms with Gasteiger partial charge in [0.2, 0.25) is 0 Å². The van der Waals surface area contributed by atoms with E-state index in [0.717, 1.165) is 12.1 Å². The van der Waals surface area contributed by atoms with E-state index >= 15 is 0 Å². The normalized spacial score (nSPS) is 15.4. The van der Waals surface area contributed by atoms with E-state index in [1.807, 2.05) is 9.80 Å². The van der Waals surface area contributed by atoms with Crippen molar-refractivity contribution in [3.8, 4) is 0 Å². The van der Waals surface area contributed by atoms with Gasteiger partial charge < -0.3 is 9.80 Å². The zero-order valence-electron chi connectivity index (χ0n) is 14.4. The van der Waals surface area contributed by atoms with E-state index in [1.165, 1.54) is 36.4 Å². The molecule has 0 saturated carbocycles. The van der Waals surface area contributed by atoms with Gasteiger partial charge in [0.1, 0.15) is 5.82 Å².